The van der Waals surface area contributed by atoms with Crippen LogP contribution >= 0.6 is 0 Å². The first kappa shape index (κ1) is 32.2. The Morgan fingerprint density at radius 3 is 1.83 bits per heavy atom. The normalized spacial score (nSPS) is 11.1. The van der Waals surface area contributed by atoms with Crippen LogP contribution in [0.1, 0.15) is 83.7 Å². The van der Waals surface area contributed by atoms with E-state index in [-0.39, 0.29) is 6.61 Å². The molecule has 1 unspecified atom stereocenters. The molecule has 1 aromatic rings. The standard InChI is InChI=1S/C9H17F3O.C9H8F2O.2C2H6/c1-3-4-5-6-13-7-8(2)9(10,11)12;1-5-3-7(10)9(6(2)12)8(11)4-5;2*1-2/h8H,3-7H2,1-2H3;3-4H,1-2H3;2*1-2H3. The third kappa shape index (κ3) is 16.0. The van der Waals surface area contributed by atoms with Crippen LogP contribution in [-0.2, 0) is 4.74 Å². The number of rotatable bonds is 7. The molecule has 0 aliphatic rings. The summed E-state index contributed by atoms with van der Waals surface area (Å²) in [5.74, 6) is -3.53. The largest absolute Gasteiger partial charge is 0.393 e. The molecule has 0 spiro atoms. The maximum atomic E-state index is 12.9. The fourth-order valence-electron chi connectivity index (χ4n) is 1.84. The number of ketones is 1. The van der Waals surface area contributed by atoms with Gasteiger partial charge in [0.2, 0.25) is 0 Å². The van der Waals surface area contributed by atoms with Crippen molar-refractivity contribution in [3.05, 3.63) is 34.9 Å². The van der Waals surface area contributed by atoms with Crippen LogP contribution in [0.25, 0.3) is 0 Å². The molecular weight excluding hydrogens is 391 g/mol. The highest BCUT2D eigenvalue weighted by Gasteiger charge is 2.35. The summed E-state index contributed by atoms with van der Waals surface area (Å²) in [5, 5.41) is 0. The second-order valence-corrected chi connectivity index (χ2v) is 5.88. The van der Waals surface area contributed by atoms with Crippen LogP contribution in [0.3, 0.4) is 0 Å². The Labute approximate surface area is 172 Å². The summed E-state index contributed by atoms with van der Waals surface area (Å²) in [4.78, 5) is 10.7. The number of benzene rings is 1. The lowest BCUT2D eigenvalue weighted by Crippen LogP contribution is -2.24. The number of carbonyl (C=O) groups excluding carboxylic acids is 1. The zero-order valence-corrected chi connectivity index (χ0v) is 19.0. The number of Topliss-reactive ketones (excluding diaryl/α,β-unsaturated/α-hetero) is 1. The fourth-order valence-corrected chi connectivity index (χ4v) is 1.84. The van der Waals surface area contributed by atoms with E-state index in [1.807, 2.05) is 34.6 Å². The van der Waals surface area contributed by atoms with Gasteiger partial charge in [0.25, 0.3) is 0 Å². The Hall–Kier alpha value is -1.50. The van der Waals surface area contributed by atoms with Crippen molar-refractivity contribution in [2.75, 3.05) is 13.2 Å². The maximum Gasteiger partial charge on any atom is 0.393 e. The molecule has 0 aliphatic carbocycles. The number of unbranched alkanes of at least 4 members (excludes halogenated alkanes) is 2. The van der Waals surface area contributed by atoms with Crippen LogP contribution in [0.5, 0.6) is 0 Å². The summed E-state index contributed by atoms with van der Waals surface area (Å²) in [7, 11) is 0. The first-order valence-corrected chi connectivity index (χ1v) is 10.1. The number of hydrogen-bond donors (Lipinski definition) is 0. The van der Waals surface area contributed by atoms with E-state index < -0.39 is 35.1 Å². The number of aryl methyl sites for hydroxylation is 1. The molecule has 0 saturated carbocycles. The van der Waals surface area contributed by atoms with E-state index in [9.17, 15) is 26.7 Å². The topological polar surface area (TPSA) is 26.3 Å². The summed E-state index contributed by atoms with van der Waals surface area (Å²) >= 11 is 0. The lowest BCUT2D eigenvalue weighted by molar-refractivity contribution is -0.182. The summed E-state index contributed by atoms with van der Waals surface area (Å²) in [6.07, 6.45) is -1.20. The molecule has 0 amide bonds. The monoisotopic (exact) mass is 428 g/mol. The van der Waals surface area contributed by atoms with Gasteiger partial charge >= 0.3 is 6.18 Å². The molecule has 172 valence electrons. The first-order chi connectivity index (χ1) is 13.5. The van der Waals surface area contributed by atoms with Crippen LogP contribution < -0.4 is 0 Å². The first-order valence-electron chi connectivity index (χ1n) is 10.1. The van der Waals surface area contributed by atoms with Crippen molar-refractivity contribution in [2.45, 2.75) is 80.8 Å². The van der Waals surface area contributed by atoms with Crippen molar-refractivity contribution in [3.63, 3.8) is 0 Å². The molecule has 1 atom stereocenters. The number of hydrogen-bond acceptors (Lipinski definition) is 2. The van der Waals surface area contributed by atoms with Crippen molar-refractivity contribution < 1.29 is 31.5 Å². The molecule has 0 aromatic heterocycles. The Balaban J connectivity index is -0.000000398. The Morgan fingerprint density at radius 1 is 1.03 bits per heavy atom. The second-order valence-electron chi connectivity index (χ2n) is 5.88. The molecule has 0 heterocycles. The van der Waals surface area contributed by atoms with Crippen molar-refractivity contribution >= 4 is 5.78 Å². The van der Waals surface area contributed by atoms with Crippen LogP contribution in [0.4, 0.5) is 22.0 Å². The van der Waals surface area contributed by atoms with E-state index in [4.69, 9.17) is 4.74 Å². The Bertz CT molecular complexity index is 519. The van der Waals surface area contributed by atoms with Gasteiger partial charge in [0.15, 0.2) is 5.78 Å². The highest BCUT2D eigenvalue weighted by atomic mass is 19.4. The van der Waals surface area contributed by atoms with Gasteiger partial charge in [-0.1, -0.05) is 54.4 Å². The lowest BCUT2D eigenvalue weighted by Gasteiger charge is -2.15. The molecule has 0 saturated heterocycles. The molecular formula is C22H37F5O2. The highest BCUT2D eigenvalue weighted by molar-refractivity contribution is 5.94. The fraction of sp³-hybridized carbons (Fsp3) is 0.682. The molecule has 0 radical (unpaired) electrons. The van der Waals surface area contributed by atoms with E-state index in [0.29, 0.717) is 12.2 Å². The quantitative estimate of drug-likeness (QED) is 0.250. The van der Waals surface area contributed by atoms with Gasteiger partial charge in [0, 0.05) is 6.61 Å². The zero-order valence-electron chi connectivity index (χ0n) is 19.0. The maximum absolute atomic E-state index is 12.9. The smallest absolute Gasteiger partial charge is 0.381 e. The summed E-state index contributed by atoms with van der Waals surface area (Å²) in [6.45, 7) is 14.1. The minimum atomic E-state index is -4.12. The van der Waals surface area contributed by atoms with Crippen LogP contribution in [0.15, 0.2) is 12.1 Å². The van der Waals surface area contributed by atoms with Crippen molar-refractivity contribution in [3.8, 4) is 0 Å². The van der Waals surface area contributed by atoms with Gasteiger partial charge in [0.1, 0.15) is 11.6 Å². The molecule has 1 rings (SSSR count). The molecule has 29 heavy (non-hydrogen) atoms. The molecule has 0 fully saturated rings. The van der Waals surface area contributed by atoms with Crippen molar-refractivity contribution in [1.29, 1.82) is 0 Å². The molecule has 0 bridgehead atoms. The zero-order chi connectivity index (χ0) is 23.6. The molecule has 7 heteroatoms. The lowest BCUT2D eigenvalue weighted by atomic mass is 10.1. The summed E-state index contributed by atoms with van der Waals surface area (Å²) in [5.41, 5.74) is 0.00981. The average Bonchev–Trinajstić information content (AvgIpc) is 2.63. The summed E-state index contributed by atoms with van der Waals surface area (Å²) in [6, 6.07) is 2.28. The third-order valence-electron chi connectivity index (χ3n) is 3.36. The Morgan fingerprint density at radius 2 is 1.48 bits per heavy atom. The van der Waals surface area contributed by atoms with E-state index in [0.717, 1.165) is 45.2 Å². The van der Waals surface area contributed by atoms with E-state index in [1.54, 1.807) is 6.92 Å². The molecule has 0 N–H and O–H groups in total. The van der Waals surface area contributed by atoms with E-state index in [1.165, 1.54) is 0 Å². The van der Waals surface area contributed by atoms with Gasteiger partial charge in [-0.05, 0) is 38.0 Å². The number of alkyl halides is 3. The highest BCUT2D eigenvalue weighted by Crippen LogP contribution is 2.25. The van der Waals surface area contributed by atoms with E-state index >= 15 is 0 Å². The van der Waals surface area contributed by atoms with Crippen LogP contribution in [-0.4, -0.2) is 25.2 Å². The van der Waals surface area contributed by atoms with Gasteiger partial charge in [0.05, 0.1) is 18.1 Å². The van der Waals surface area contributed by atoms with Gasteiger partial charge in [-0.15, -0.1) is 0 Å². The number of ether oxygens (including phenoxy) is 1. The predicted octanol–water partition coefficient (Wildman–Crippen LogP) is 7.92. The van der Waals surface area contributed by atoms with Crippen molar-refractivity contribution in [1.82, 2.24) is 0 Å². The van der Waals surface area contributed by atoms with Gasteiger partial charge in [-0.3, -0.25) is 4.79 Å². The predicted molar refractivity (Wildman–Crippen MR) is 109 cm³/mol. The minimum Gasteiger partial charge on any atom is -0.381 e. The number of halogens is 5. The van der Waals surface area contributed by atoms with Gasteiger partial charge in [-0.2, -0.15) is 13.2 Å². The molecule has 1 aromatic carbocycles. The average molecular weight is 429 g/mol. The van der Waals surface area contributed by atoms with Gasteiger partial charge < -0.3 is 4.74 Å². The van der Waals surface area contributed by atoms with E-state index in [2.05, 4.69) is 0 Å². The molecule has 0 aliphatic heterocycles. The van der Waals surface area contributed by atoms with Crippen LogP contribution in [0, 0.1) is 24.5 Å². The Kier molecular flexibility index (Phi) is 20.6. The van der Waals surface area contributed by atoms with Gasteiger partial charge in [-0.25, -0.2) is 8.78 Å². The minimum absolute atomic E-state index is 0.215. The summed E-state index contributed by atoms with van der Waals surface area (Å²) < 4.78 is 66.5. The third-order valence-corrected chi connectivity index (χ3v) is 3.36. The molecule has 2 nitrogen and oxygen atoms in total. The second kappa shape index (κ2) is 18.5. The van der Waals surface area contributed by atoms with Crippen LogP contribution in [0.2, 0.25) is 0 Å². The van der Waals surface area contributed by atoms with Crippen molar-refractivity contribution in [2.24, 2.45) is 5.92 Å². The SMILES string of the molecule is CC.CC.CC(=O)c1c(F)cc(C)cc1F.CCCCCOCC(C)C(F)(F)F. The number of carbonyl (C=O) groups is 1.